The molecule has 3 heteroatoms. The van der Waals surface area contributed by atoms with E-state index in [1.54, 1.807) is 0 Å². The largest absolute Gasteiger partial charge is 0.493 e. The number of ether oxygens (including phenoxy) is 2. The summed E-state index contributed by atoms with van der Waals surface area (Å²) < 4.78 is 24.8. The second kappa shape index (κ2) is 13.2. The van der Waals surface area contributed by atoms with Crippen molar-refractivity contribution in [1.82, 2.24) is 0 Å². The van der Waals surface area contributed by atoms with Crippen LogP contribution in [-0.4, -0.2) is 13.2 Å². The van der Waals surface area contributed by atoms with Crippen LogP contribution in [0.25, 0.3) is 11.1 Å². The molecule has 0 heterocycles. The first-order chi connectivity index (χ1) is 13.8. The molecule has 0 fully saturated rings. The van der Waals surface area contributed by atoms with Gasteiger partial charge in [-0.2, -0.15) is 0 Å². The third-order valence-corrected chi connectivity index (χ3v) is 4.85. The molecule has 0 unspecified atom stereocenters. The maximum Gasteiger partial charge on any atom is 0.123 e. The van der Waals surface area contributed by atoms with Crippen LogP contribution in [0.4, 0.5) is 4.39 Å². The van der Waals surface area contributed by atoms with E-state index in [1.165, 1.54) is 38.5 Å². The van der Waals surface area contributed by atoms with Gasteiger partial charge in [-0.05, 0) is 41.7 Å². The van der Waals surface area contributed by atoms with Crippen LogP contribution in [0.15, 0.2) is 42.5 Å². The number of unbranched alkanes of at least 4 members (excludes halogenated alkanes) is 6. The molecule has 154 valence electrons. The molecule has 0 radical (unpaired) electrons. The van der Waals surface area contributed by atoms with Crippen LogP contribution >= 0.6 is 0 Å². The second-order valence-corrected chi connectivity index (χ2v) is 7.34. The van der Waals surface area contributed by atoms with Gasteiger partial charge in [0, 0.05) is 6.07 Å². The quantitative estimate of drug-likeness (QED) is 0.309. The third kappa shape index (κ3) is 7.92. The maximum atomic E-state index is 12.8. The molecule has 0 saturated heterocycles. The lowest BCUT2D eigenvalue weighted by molar-refractivity contribution is 0.290. The lowest BCUT2D eigenvalue weighted by atomic mass is 10.0. The first-order valence-corrected chi connectivity index (χ1v) is 10.8. The molecule has 2 rings (SSSR count). The SMILES string of the molecule is CCCCCCOc1cc(OCCCCCC)cc(-c2ccc(CF)cc2)c1. The summed E-state index contributed by atoms with van der Waals surface area (Å²) in [4.78, 5) is 0. The van der Waals surface area contributed by atoms with Crippen molar-refractivity contribution in [3.63, 3.8) is 0 Å². The minimum absolute atomic E-state index is 0.437. The predicted octanol–water partition coefficient (Wildman–Crippen LogP) is 7.74. The topological polar surface area (TPSA) is 18.5 Å². The van der Waals surface area contributed by atoms with Crippen molar-refractivity contribution >= 4 is 0 Å². The smallest absolute Gasteiger partial charge is 0.123 e. The molecule has 0 aromatic heterocycles. The Balaban J connectivity index is 2.07. The zero-order chi connectivity index (χ0) is 20.0. The monoisotopic (exact) mass is 386 g/mol. The van der Waals surface area contributed by atoms with Crippen LogP contribution in [0.2, 0.25) is 0 Å². The Morgan fingerprint density at radius 1 is 0.643 bits per heavy atom. The zero-order valence-electron chi connectivity index (χ0n) is 17.5. The zero-order valence-corrected chi connectivity index (χ0v) is 17.5. The van der Waals surface area contributed by atoms with Gasteiger partial charge >= 0.3 is 0 Å². The minimum atomic E-state index is -0.437. The van der Waals surface area contributed by atoms with Crippen molar-refractivity contribution in [3.05, 3.63) is 48.0 Å². The van der Waals surface area contributed by atoms with E-state index in [1.807, 2.05) is 42.5 Å². The molecule has 0 aliphatic carbocycles. The van der Waals surface area contributed by atoms with Gasteiger partial charge in [0.25, 0.3) is 0 Å². The molecular weight excluding hydrogens is 351 g/mol. The van der Waals surface area contributed by atoms with E-state index < -0.39 is 6.67 Å². The summed E-state index contributed by atoms with van der Waals surface area (Å²) >= 11 is 0. The van der Waals surface area contributed by atoms with E-state index in [-0.39, 0.29) is 0 Å². The Morgan fingerprint density at radius 3 is 1.64 bits per heavy atom. The summed E-state index contributed by atoms with van der Waals surface area (Å²) in [5, 5.41) is 0. The fourth-order valence-corrected chi connectivity index (χ4v) is 3.13. The van der Waals surface area contributed by atoms with Gasteiger partial charge < -0.3 is 9.47 Å². The molecule has 0 spiro atoms. The van der Waals surface area contributed by atoms with Gasteiger partial charge in [0.05, 0.1) is 13.2 Å². The van der Waals surface area contributed by atoms with Gasteiger partial charge in [-0.15, -0.1) is 0 Å². The van der Waals surface area contributed by atoms with Crippen molar-refractivity contribution in [2.75, 3.05) is 13.2 Å². The summed E-state index contributed by atoms with van der Waals surface area (Å²) in [6.45, 7) is 5.43. The maximum absolute atomic E-state index is 12.8. The number of benzene rings is 2. The molecule has 2 aromatic carbocycles. The Hall–Kier alpha value is -2.03. The summed E-state index contributed by atoms with van der Waals surface area (Å²) in [7, 11) is 0. The molecule has 0 amide bonds. The number of alkyl halides is 1. The Labute approximate surface area is 170 Å². The van der Waals surface area contributed by atoms with Crippen LogP contribution in [0.1, 0.15) is 70.8 Å². The van der Waals surface area contributed by atoms with Crippen LogP contribution in [0, 0.1) is 0 Å². The molecule has 2 aromatic rings. The van der Waals surface area contributed by atoms with E-state index >= 15 is 0 Å². The lowest BCUT2D eigenvalue weighted by Gasteiger charge is -2.13. The summed E-state index contributed by atoms with van der Waals surface area (Å²) in [5.74, 6) is 1.68. The molecule has 0 aliphatic rings. The first kappa shape index (κ1) is 22.3. The Morgan fingerprint density at radius 2 is 1.18 bits per heavy atom. The standard InChI is InChI=1S/C25H35FO2/c1-3-5-7-9-15-27-24-17-23(22-13-11-21(20-26)12-14-22)18-25(19-24)28-16-10-8-6-4-2/h11-14,17-19H,3-10,15-16,20H2,1-2H3. The summed E-state index contributed by atoms with van der Waals surface area (Å²) in [5.41, 5.74) is 2.78. The summed E-state index contributed by atoms with van der Waals surface area (Å²) in [6, 6.07) is 13.7. The molecule has 0 N–H and O–H groups in total. The molecule has 0 bridgehead atoms. The van der Waals surface area contributed by atoms with Crippen molar-refractivity contribution in [3.8, 4) is 22.6 Å². The number of hydrogen-bond donors (Lipinski definition) is 0. The minimum Gasteiger partial charge on any atom is -0.493 e. The fraction of sp³-hybridized carbons (Fsp3) is 0.520. The van der Waals surface area contributed by atoms with Gasteiger partial charge in [0.15, 0.2) is 0 Å². The lowest BCUT2D eigenvalue weighted by Crippen LogP contribution is -2.00. The van der Waals surface area contributed by atoms with Crippen LogP contribution in [0.3, 0.4) is 0 Å². The van der Waals surface area contributed by atoms with Crippen molar-refractivity contribution in [1.29, 1.82) is 0 Å². The van der Waals surface area contributed by atoms with Crippen molar-refractivity contribution in [2.45, 2.75) is 71.9 Å². The van der Waals surface area contributed by atoms with Crippen molar-refractivity contribution in [2.24, 2.45) is 0 Å². The fourth-order valence-electron chi connectivity index (χ4n) is 3.13. The normalized spacial score (nSPS) is 10.8. The van der Waals surface area contributed by atoms with E-state index in [4.69, 9.17) is 9.47 Å². The van der Waals surface area contributed by atoms with Gasteiger partial charge in [0.1, 0.15) is 18.2 Å². The molecule has 0 saturated carbocycles. The predicted molar refractivity (Wildman–Crippen MR) is 116 cm³/mol. The van der Waals surface area contributed by atoms with Crippen LogP contribution in [-0.2, 0) is 6.67 Å². The highest BCUT2D eigenvalue weighted by atomic mass is 19.1. The third-order valence-electron chi connectivity index (χ3n) is 4.85. The molecule has 28 heavy (non-hydrogen) atoms. The second-order valence-electron chi connectivity index (χ2n) is 7.34. The van der Waals surface area contributed by atoms with Crippen LogP contribution < -0.4 is 9.47 Å². The molecule has 0 atom stereocenters. The van der Waals surface area contributed by atoms with Gasteiger partial charge in [-0.1, -0.05) is 76.6 Å². The van der Waals surface area contributed by atoms with Crippen LogP contribution in [0.5, 0.6) is 11.5 Å². The van der Waals surface area contributed by atoms with Gasteiger partial charge in [-0.25, -0.2) is 4.39 Å². The average molecular weight is 387 g/mol. The number of rotatable bonds is 14. The van der Waals surface area contributed by atoms with Gasteiger partial charge in [0.2, 0.25) is 0 Å². The number of hydrogen-bond acceptors (Lipinski definition) is 2. The highest BCUT2D eigenvalue weighted by Gasteiger charge is 2.06. The average Bonchev–Trinajstić information content (AvgIpc) is 2.73. The molecule has 0 aliphatic heterocycles. The Bertz CT molecular complexity index is 634. The number of halogens is 1. The Kier molecular flexibility index (Phi) is 10.5. The highest BCUT2D eigenvalue weighted by molar-refractivity contribution is 5.67. The van der Waals surface area contributed by atoms with E-state index in [9.17, 15) is 4.39 Å². The van der Waals surface area contributed by atoms with E-state index in [0.717, 1.165) is 48.7 Å². The van der Waals surface area contributed by atoms with Gasteiger partial charge in [-0.3, -0.25) is 0 Å². The van der Waals surface area contributed by atoms with E-state index in [0.29, 0.717) is 5.56 Å². The molecule has 2 nitrogen and oxygen atoms in total. The first-order valence-electron chi connectivity index (χ1n) is 10.8. The molecular formula is C25H35FO2. The van der Waals surface area contributed by atoms with E-state index in [2.05, 4.69) is 13.8 Å². The summed E-state index contributed by atoms with van der Waals surface area (Å²) in [6.07, 6.45) is 9.46. The highest BCUT2D eigenvalue weighted by Crippen LogP contribution is 2.30. The van der Waals surface area contributed by atoms with Crippen molar-refractivity contribution < 1.29 is 13.9 Å².